The lowest BCUT2D eigenvalue weighted by Crippen LogP contribution is -2.54. The molecule has 24 heavy (non-hydrogen) atoms. The lowest BCUT2D eigenvalue weighted by molar-refractivity contribution is -0.331. The minimum atomic E-state index is -6.58. The van der Waals surface area contributed by atoms with Crippen molar-refractivity contribution in [1.29, 1.82) is 5.26 Å². The number of halogens is 9. The first-order chi connectivity index (χ1) is 10.6. The molecule has 0 spiro atoms. The van der Waals surface area contributed by atoms with Crippen molar-refractivity contribution in [2.24, 2.45) is 5.92 Å². The van der Waals surface area contributed by atoms with Crippen molar-refractivity contribution in [3.63, 3.8) is 0 Å². The molecule has 3 atom stereocenters. The topological polar surface area (TPSA) is 40.9 Å². The van der Waals surface area contributed by atoms with E-state index in [2.05, 4.69) is 31.9 Å². The molecule has 0 aromatic carbocycles. The summed E-state index contributed by atoms with van der Waals surface area (Å²) in [5.41, 5.74) is 0. The predicted molar refractivity (Wildman–Crippen MR) is 80.2 cm³/mol. The maximum atomic E-state index is 13.6. The smallest absolute Gasteiger partial charge is 0.248 e. The van der Waals surface area contributed by atoms with Crippen LogP contribution in [-0.4, -0.2) is 25.9 Å². The fraction of sp³-hybridized carbons (Fsp3) is 0.583. The Labute approximate surface area is 151 Å². The highest BCUT2D eigenvalue weighted by Crippen LogP contribution is 2.51. The van der Waals surface area contributed by atoms with Crippen LogP contribution in [0, 0.1) is 17.2 Å². The standard InChI is InChI=1S/C12H8Br2F7NOS/c1-6(5-22)9(14)3-7(13)2-8(4-9)24(23)12(20,21)10(15,16)11(17,18)19/h2,4,6H,3H2,1H3. The van der Waals surface area contributed by atoms with Crippen molar-refractivity contribution in [3.8, 4) is 6.07 Å². The third-order valence-electron chi connectivity index (χ3n) is 3.20. The number of nitrogens with zero attached hydrogens (tertiary/aromatic N) is 1. The molecule has 2 nitrogen and oxygen atoms in total. The minimum Gasteiger partial charge on any atom is -0.248 e. The van der Waals surface area contributed by atoms with E-state index in [9.17, 15) is 34.9 Å². The van der Waals surface area contributed by atoms with Crippen LogP contribution >= 0.6 is 31.9 Å². The Kier molecular flexibility index (Phi) is 6.06. The van der Waals surface area contributed by atoms with Gasteiger partial charge >= 0.3 is 17.4 Å². The lowest BCUT2D eigenvalue weighted by atomic mass is 9.89. The van der Waals surface area contributed by atoms with Gasteiger partial charge < -0.3 is 0 Å². The van der Waals surface area contributed by atoms with Crippen LogP contribution in [0.2, 0.25) is 0 Å². The van der Waals surface area contributed by atoms with Crippen LogP contribution in [0.1, 0.15) is 13.3 Å². The number of hydrogen-bond donors (Lipinski definition) is 0. The molecule has 0 bridgehead atoms. The molecule has 3 unspecified atom stereocenters. The second kappa shape index (κ2) is 6.72. The fourth-order valence-corrected chi connectivity index (χ4v) is 4.97. The largest absolute Gasteiger partial charge is 0.461 e. The number of hydrogen-bond acceptors (Lipinski definition) is 2. The van der Waals surface area contributed by atoms with Crippen LogP contribution in [0.5, 0.6) is 0 Å². The molecular weight excluding hydrogens is 499 g/mol. The van der Waals surface area contributed by atoms with E-state index in [0.717, 1.165) is 12.2 Å². The van der Waals surface area contributed by atoms with Gasteiger partial charge in [0.2, 0.25) is 0 Å². The molecule has 0 N–H and O–H groups in total. The summed E-state index contributed by atoms with van der Waals surface area (Å²) in [6.45, 7) is 1.37. The van der Waals surface area contributed by atoms with E-state index in [1.807, 2.05) is 0 Å². The molecule has 0 saturated carbocycles. The quantitative estimate of drug-likeness (QED) is 0.379. The normalized spacial score (nSPS) is 25.4. The molecule has 136 valence electrons. The summed E-state index contributed by atoms with van der Waals surface area (Å²) >= 11 is 5.99. The van der Waals surface area contributed by atoms with Crippen molar-refractivity contribution in [2.75, 3.05) is 0 Å². The van der Waals surface area contributed by atoms with Gasteiger partial charge in [-0.25, -0.2) is 4.21 Å². The molecule has 0 saturated heterocycles. The van der Waals surface area contributed by atoms with Gasteiger partial charge in [0.25, 0.3) is 0 Å². The van der Waals surface area contributed by atoms with Crippen LogP contribution in [0.3, 0.4) is 0 Å². The second-order valence-electron chi connectivity index (χ2n) is 4.95. The molecule has 1 aliphatic rings. The van der Waals surface area contributed by atoms with Gasteiger partial charge in [0.05, 0.1) is 16.3 Å². The van der Waals surface area contributed by atoms with Crippen LogP contribution in [0.4, 0.5) is 30.7 Å². The van der Waals surface area contributed by atoms with E-state index < -0.39 is 43.3 Å². The monoisotopic (exact) mass is 505 g/mol. The van der Waals surface area contributed by atoms with E-state index in [-0.39, 0.29) is 10.9 Å². The Hall–Kier alpha value is -0.410. The number of nitriles is 1. The van der Waals surface area contributed by atoms with Gasteiger partial charge in [-0.3, -0.25) is 0 Å². The van der Waals surface area contributed by atoms with Gasteiger partial charge in [0.15, 0.2) is 0 Å². The molecule has 12 heteroatoms. The van der Waals surface area contributed by atoms with Crippen LogP contribution < -0.4 is 0 Å². The Morgan fingerprint density at radius 1 is 1.29 bits per heavy atom. The Balaban J connectivity index is 3.39. The molecule has 0 fully saturated rings. The summed E-state index contributed by atoms with van der Waals surface area (Å²) in [5.74, 6) is -7.36. The maximum absolute atomic E-state index is 13.6. The summed E-state index contributed by atoms with van der Waals surface area (Å²) in [4.78, 5) is -0.943. The van der Waals surface area contributed by atoms with Gasteiger partial charge in [-0.1, -0.05) is 31.9 Å². The predicted octanol–water partition coefficient (Wildman–Crippen LogP) is 5.39. The minimum absolute atomic E-state index is 0.0314. The highest BCUT2D eigenvalue weighted by atomic mass is 79.9. The molecule has 0 aromatic heterocycles. The average molecular weight is 507 g/mol. The lowest BCUT2D eigenvalue weighted by Gasteiger charge is -2.32. The Morgan fingerprint density at radius 2 is 1.79 bits per heavy atom. The molecule has 0 radical (unpaired) electrons. The SMILES string of the molecule is CC(C#N)C1(Br)C=C(S(=O)C(F)(F)C(F)(F)C(F)(F)F)C=C(Br)C1. The van der Waals surface area contributed by atoms with Gasteiger partial charge in [-0.15, -0.1) is 0 Å². The van der Waals surface area contributed by atoms with Crippen LogP contribution in [-0.2, 0) is 10.8 Å². The molecule has 1 rings (SSSR count). The molecule has 0 aliphatic heterocycles. The molecule has 0 amide bonds. The zero-order valence-electron chi connectivity index (χ0n) is 11.6. The number of allylic oxidation sites excluding steroid dienone is 3. The maximum Gasteiger partial charge on any atom is 0.461 e. The van der Waals surface area contributed by atoms with E-state index in [0.29, 0.717) is 0 Å². The van der Waals surface area contributed by atoms with Crippen molar-refractivity contribution in [3.05, 3.63) is 21.5 Å². The number of alkyl halides is 8. The average Bonchev–Trinajstić information content (AvgIpc) is 2.42. The van der Waals surface area contributed by atoms with E-state index >= 15 is 0 Å². The molecule has 1 aliphatic carbocycles. The first-order valence-electron chi connectivity index (χ1n) is 6.02. The van der Waals surface area contributed by atoms with Crippen LogP contribution in [0.15, 0.2) is 21.5 Å². The first-order valence-corrected chi connectivity index (χ1v) is 8.75. The third kappa shape index (κ3) is 3.72. The van der Waals surface area contributed by atoms with Gasteiger partial charge in [-0.2, -0.15) is 36.0 Å². The Morgan fingerprint density at radius 3 is 2.21 bits per heavy atom. The van der Waals surface area contributed by atoms with Crippen molar-refractivity contribution in [1.82, 2.24) is 0 Å². The van der Waals surface area contributed by atoms with Gasteiger partial charge in [0, 0.05) is 4.91 Å². The summed E-state index contributed by atoms with van der Waals surface area (Å²) in [6, 6.07) is 1.79. The van der Waals surface area contributed by atoms with Crippen molar-refractivity contribution >= 4 is 42.7 Å². The summed E-state index contributed by atoms with van der Waals surface area (Å²) in [7, 11) is -4.01. The fourth-order valence-electron chi connectivity index (χ4n) is 1.72. The summed E-state index contributed by atoms with van der Waals surface area (Å²) in [5, 5.41) is 3.04. The zero-order chi connectivity index (χ0) is 19.1. The van der Waals surface area contributed by atoms with Crippen molar-refractivity contribution < 1.29 is 34.9 Å². The van der Waals surface area contributed by atoms with E-state index in [1.54, 1.807) is 6.07 Å². The van der Waals surface area contributed by atoms with E-state index in [1.165, 1.54) is 6.92 Å². The second-order valence-corrected chi connectivity index (χ2v) is 8.97. The Bertz CT molecular complexity index is 653. The van der Waals surface area contributed by atoms with Gasteiger partial charge in [-0.05, 0) is 30.0 Å². The zero-order valence-corrected chi connectivity index (χ0v) is 15.6. The van der Waals surface area contributed by atoms with E-state index in [4.69, 9.17) is 5.26 Å². The highest BCUT2D eigenvalue weighted by Gasteiger charge is 2.76. The highest BCUT2D eigenvalue weighted by molar-refractivity contribution is 9.12. The molecule has 0 aromatic rings. The summed E-state index contributed by atoms with van der Waals surface area (Å²) < 4.78 is 100. The molecule has 0 heterocycles. The van der Waals surface area contributed by atoms with Crippen LogP contribution in [0.25, 0.3) is 0 Å². The third-order valence-corrected chi connectivity index (χ3v) is 6.29. The summed E-state index contributed by atoms with van der Waals surface area (Å²) in [6.07, 6.45) is -4.96. The molecular formula is C12H8Br2F7NOS. The number of rotatable bonds is 4. The van der Waals surface area contributed by atoms with Gasteiger partial charge in [0.1, 0.15) is 10.8 Å². The first kappa shape index (κ1) is 21.6. The van der Waals surface area contributed by atoms with Crippen molar-refractivity contribution in [2.45, 2.75) is 35.0 Å².